The number of rotatable bonds is 5. The Labute approximate surface area is 121 Å². The number of hydrogen-bond acceptors (Lipinski definition) is 3. The lowest BCUT2D eigenvalue weighted by Crippen LogP contribution is -2.49. The van der Waals surface area contributed by atoms with E-state index in [1.807, 2.05) is 0 Å². The summed E-state index contributed by atoms with van der Waals surface area (Å²) in [5.41, 5.74) is 1.45. The molecule has 2 aliphatic heterocycles. The van der Waals surface area contributed by atoms with Gasteiger partial charge in [0.1, 0.15) is 0 Å². The van der Waals surface area contributed by atoms with E-state index in [1.165, 1.54) is 44.3 Å². The average molecular weight is 275 g/mol. The molecule has 0 N–H and O–H groups in total. The van der Waals surface area contributed by atoms with E-state index in [9.17, 15) is 0 Å². The van der Waals surface area contributed by atoms with E-state index in [0.29, 0.717) is 0 Å². The van der Waals surface area contributed by atoms with Gasteiger partial charge in [0.15, 0.2) is 5.79 Å². The first kappa shape index (κ1) is 14.1. The standard InChI is InChI=1S/C17H25NO2/c1-2-7-16(8-3-1)9-4-5-11-18-12-6-10-17(15-18)19-13-14-20-17/h1-3,7-8H,4-6,9-15H2. The fraction of sp³-hybridized carbons (Fsp3) is 0.647. The monoisotopic (exact) mass is 275 g/mol. The van der Waals surface area contributed by atoms with Gasteiger partial charge in [0.25, 0.3) is 0 Å². The highest BCUT2D eigenvalue weighted by molar-refractivity contribution is 5.14. The zero-order valence-corrected chi connectivity index (χ0v) is 12.2. The molecule has 1 spiro atoms. The number of ether oxygens (including phenoxy) is 2. The van der Waals surface area contributed by atoms with Gasteiger partial charge in [-0.05, 0) is 44.3 Å². The molecule has 0 aliphatic carbocycles. The van der Waals surface area contributed by atoms with Gasteiger partial charge in [-0.15, -0.1) is 0 Å². The maximum atomic E-state index is 5.82. The molecule has 1 aromatic rings. The fourth-order valence-corrected chi connectivity index (χ4v) is 3.30. The first-order chi connectivity index (χ1) is 9.86. The van der Waals surface area contributed by atoms with Crippen LogP contribution in [0.25, 0.3) is 0 Å². The number of benzene rings is 1. The van der Waals surface area contributed by atoms with Crippen LogP contribution in [-0.4, -0.2) is 43.5 Å². The van der Waals surface area contributed by atoms with Crippen molar-refractivity contribution in [2.45, 2.75) is 37.9 Å². The Hall–Kier alpha value is -0.900. The average Bonchev–Trinajstić information content (AvgIpc) is 2.93. The van der Waals surface area contributed by atoms with E-state index < -0.39 is 0 Å². The van der Waals surface area contributed by atoms with Crippen LogP contribution in [0, 0.1) is 0 Å². The van der Waals surface area contributed by atoms with Gasteiger partial charge in [-0.3, -0.25) is 4.90 Å². The van der Waals surface area contributed by atoms with Crippen molar-refractivity contribution in [2.75, 3.05) is 32.8 Å². The van der Waals surface area contributed by atoms with Crippen LogP contribution < -0.4 is 0 Å². The Bertz CT molecular complexity index is 401. The summed E-state index contributed by atoms with van der Waals surface area (Å²) in [6.45, 7) is 4.85. The Kier molecular flexibility index (Phi) is 4.71. The van der Waals surface area contributed by atoms with Crippen molar-refractivity contribution in [3.05, 3.63) is 35.9 Å². The van der Waals surface area contributed by atoms with Gasteiger partial charge in [-0.25, -0.2) is 0 Å². The summed E-state index contributed by atoms with van der Waals surface area (Å²) in [7, 11) is 0. The van der Waals surface area contributed by atoms with Crippen LogP contribution in [-0.2, 0) is 15.9 Å². The third kappa shape index (κ3) is 3.60. The summed E-state index contributed by atoms with van der Waals surface area (Å²) in [6.07, 6.45) is 5.96. The molecule has 0 saturated carbocycles. The van der Waals surface area contributed by atoms with E-state index in [-0.39, 0.29) is 5.79 Å². The molecule has 1 aromatic carbocycles. The topological polar surface area (TPSA) is 21.7 Å². The largest absolute Gasteiger partial charge is 0.346 e. The predicted molar refractivity (Wildman–Crippen MR) is 79.7 cm³/mol. The molecular formula is C17H25NO2. The molecule has 0 radical (unpaired) electrons. The Morgan fingerprint density at radius 3 is 2.65 bits per heavy atom. The van der Waals surface area contributed by atoms with E-state index in [4.69, 9.17) is 9.47 Å². The minimum absolute atomic E-state index is 0.266. The van der Waals surface area contributed by atoms with Gasteiger partial charge in [0.05, 0.1) is 19.8 Å². The van der Waals surface area contributed by atoms with Gasteiger partial charge in [0.2, 0.25) is 0 Å². The van der Waals surface area contributed by atoms with Gasteiger partial charge in [-0.2, -0.15) is 0 Å². The zero-order chi connectivity index (χ0) is 13.7. The van der Waals surface area contributed by atoms with Gasteiger partial charge in [0, 0.05) is 6.42 Å². The Morgan fingerprint density at radius 2 is 1.85 bits per heavy atom. The molecule has 0 unspecified atom stereocenters. The second kappa shape index (κ2) is 6.70. The van der Waals surface area contributed by atoms with Crippen LogP contribution in [0.4, 0.5) is 0 Å². The minimum Gasteiger partial charge on any atom is -0.346 e. The van der Waals surface area contributed by atoms with Crippen molar-refractivity contribution in [3.8, 4) is 0 Å². The maximum absolute atomic E-state index is 5.82. The summed E-state index contributed by atoms with van der Waals surface area (Å²) in [5.74, 6) is -0.266. The summed E-state index contributed by atoms with van der Waals surface area (Å²) >= 11 is 0. The molecule has 2 fully saturated rings. The van der Waals surface area contributed by atoms with Gasteiger partial charge in [-0.1, -0.05) is 30.3 Å². The molecule has 0 bridgehead atoms. The van der Waals surface area contributed by atoms with E-state index in [1.54, 1.807) is 0 Å². The lowest BCUT2D eigenvalue weighted by Gasteiger charge is -2.38. The first-order valence-corrected chi connectivity index (χ1v) is 7.91. The normalized spacial score (nSPS) is 22.4. The van der Waals surface area contributed by atoms with E-state index in [2.05, 4.69) is 35.2 Å². The molecule has 2 aliphatic rings. The van der Waals surface area contributed by atoms with Crippen LogP contribution in [0.2, 0.25) is 0 Å². The van der Waals surface area contributed by atoms with Crippen LogP contribution in [0.1, 0.15) is 31.2 Å². The summed E-state index contributed by atoms with van der Waals surface area (Å²) < 4.78 is 11.6. The molecule has 2 saturated heterocycles. The number of unbranched alkanes of at least 4 members (excludes halogenated alkanes) is 1. The molecule has 2 heterocycles. The molecule has 0 amide bonds. The van der Waals surface area contributed by atoms with E-state index >= 15 is 0 Å². The number of hydrogen-bond donors (Lipinski definition) is 0. The molecular weight excluding hydrogens is 250 g/mol. The van der Waals surface area contributed by atoms with Crippen molar-refractivity contribution in [2.24, 2.45) is 0 Å². The smallest absolute Gasteiger partial charge is 0.181 e. The summed E-state index contributed by atoms with van der Waals surface area (Å²) in [6, 6.07) is 10.8. The summed E-state index contributed by atoms with van der Waals surface area (Å²) in [5, 5.41) is 0. The lowest BCUT2D eigenvalue weighted by atomic mass is 10.0. The zero-order valence-electron chi connectivity index (χ0n) is 12.2. The fourth-order valence-electron chi connectivity index (χ4n) is 3.30. The molecule has 3 heteroatoms. The first-order valence-electron chi connectivity index (χ1n) is 7.91. The second-order valence-corrected chi connectivity index (χ2v) is 5.93. The number of nitrogens with zero attached hydrogens (tertiary/aromatic N) is 1. The summed E-state index contributed by atoms with van der Waals surface area (Å²) in [4.78, 5) is 2.51. The van der Waals surface area contributed by atoms with Crippen molar-refractivity contribution >= 4 is 0 Å². The van der Waals surface area contributed by atoms with Crippen molar-refractivity contribution < 1.29 is 9.47 Å². The van der Waals surface area contributed by atoms with Gasteiger partial charge < -0.3 is 9.47 Å². The lowest BCUT2D eigenvalue weighted by molar-refractivity contribution is -0.189. The molecule has 3 rings (SSSR count). The highest BCUT2D eigenvalue weighted by Crippen LogP contribution is 2.30. The van der Waals surface area contributed by atoms with Crippen molar-refractivity contribution in [3.63, 3.8) is 0 Å². The Morgan fingerprint density at radius 1 is 1.05 bits per heavy atom. The molecule has 20 heavy (non-hydrogen) atoms. The molecule has 0 aromatic heterocycles. The second-order valence-electron chi connectivity index (χ2n) is 5.93. The van der Waals surface area contributed by atoms with Gasteiger partial charge >= 0.3 is 0 Å². The quantitative estimate of drug-likeness (QED) is 0.771. The minimum atomic E-state index is -0.266. The van der Waals surface area contributed by atoms with Crippen LogP contribution >= 0.6 is 0 Å². The third-order valence-electron chi connectivity index (χ3n) is 4.34. The Balaban J connectivity index is 1.38. The van der Waals surface area contributed by atoms with Crippen LogP contribution in [0.3, 0.4) is 0 Å². The van der Waals surface area contributed by atoms with Crippen molar-refractivity contribution in [1.82, 2.24) is 4.90 Å². The van der Waals surface area contributed by atoms with Crippen LogP contribution in [0.5, 0.6) is 0 Å². The van der Waals surface area contributed by atoms with Crippen LogP contribution in [0.15, 0.2) is 30.3 Å². The number of piperidine rings is 1. The molecule has 0 atom stereocenters. The third-order valence-corrected chi connectivity index (χ3v) is 4.34. The number of aryl methyl sites for hydroxylation is 1. The van der Waals surface area contributed by atoms with Crippen molar-refractivity contribution in [1.29, 1.82) is 0 Å². The molecule has 3 nitrogen and oxygen atoms in total. The molecule has 110 valence electrons. The SMILES string of the molecule is c1ccc(CCCCN2CCCC3(C2)OCCO3)cc1. The van der Waals surface area contributed by atoms with E-state index in [0.717, 1.165) is 26.2 Å². The number of likely N-dealkylation sites (tertiary alicyclic amines) is 1. The predicted octanol–water partition coefficient (Wildman–Crippen LogP) is 2.85. The maximum Gasteiger partial charge on any atom is 0.181 e. The highest BCUT2D eigenvalue weighted by atomic mass is 16.7. The highest BCUT2D eigenvalue weighted by Gasteiger charge is 2.40.